The van der Waals surface area contributed by atoms with Crippen molar-refractivity contribution < 1.29 is 31.1 Å². The predicted octanol–water partition coefficient (Wildman–Crippen LogP) is 5.75. The quantitative estimate of drug-likeness (QED) is 0.321. The largest absolute Gasteiger partial charge is 0.432 e. The van der Waals surface area contributed by atoms with Crippen molar-refractivity contribution in [3.63, 3.8) is 0 Å². The van der Waals surface area contributed by atoms with E-state index in [0.717, 1.165) is 13.0 Å². The number of benzene rings is 2. The first-order valence-corrected chi connectivity index (χ1v) is 10.6. The summed E-state index contributed by atoms with van der Waals surface area (Å²) in [5.41, 5.74) is 0.871. The highest BCUT2D eigenvalue weighted by atomic mass is 19.4. The molecule has 1 heterocycles. The summed E-state index contributed by atoms with van der Waals surface area (Å²) in [7, 11) is 0. The molecule has 0 bridgehead atoms. The first-order chi connectivity index (χ1) is 16.3. The van der Waals surface area contributed by atoms with Crippen molar-refractivity contribution in [2.45, 2.75) is 51.4 Å². The summed E-state index contributed by atoms with van der Waals surface area (Å²) in [6.07, 6.45) is -4.45. The third-order valence-corrected chi connectivity index (χ3v) is 5.73. The van der Waals surface area contributed by atoms with E-state index >= 15 is 4.39 Å². The number of halogens is 6. The second-order valence-corrected chi connectivity index (χ2v) is 7.96. The number of rotatable bonds is 7. The van der Waals surface area contributed by atoms with Crippen molar-refractivity contribution in [1.82, 2.24) is 14.8 Å². The molecule has 0 aliphatic rings. The van der Waals surface area contributed by atoms with Crippen LogP contribution in [0.2, 0.25) is 0 Å². The van der Waals surface area contributed by atoms with Crippen LogP contribution >= 0.6 is 0 Å². The Kier molecular flexibility index (Phi) is 6.87. The van der Waals surface area contributed by atoms with Gasteiger partial charge in [-0.3, -0.25) is 4.79 Å². The highest BCUT2D eigenvalue weighted by Crippen LogP contribution is 2.54. The van der Waals surface area contributed by atoms with E-state index in [2.05, 4.69) is 15.4 Å². The maximum atomic E-state index is 15.2. The van der Waals surface area contributed by atoms with Gasteiger partial charge < -0.3 is 11.1 Å². The lowest BCUT2D eigenvalue weighted by Gasteiger charge is -2.35. The summed E-state index contributed by atoms with van der Waals surface area (Å²) in [4.78, 5) is 16.7. The zero-order chi connectivity index (χ0) is 26.2. The monoisotopic (exact) mass is 499 g/mol. The Bertz CT molecular complexity index is 1230. The molecule has 0 aliphatic carbocycles. The summed E-state index contributed by atoms with van der Waals surface area (Å²) in [6, 6.07) is 5.77. The number of hydrogen-bond acceptors (Lipinski definition) is 4. The number of carbonyl (C=O) groups excluding carboxylic acids is 1. The Morgan fingerprint density at radius 1 is 1.09 bits per heavy atom. The zero-order valence-electron chi connectivity index (χ0n) is 19.1. The molecule has 3 rings (SSSR count). The van der Waals surface area contributed by atoms with Crippen LogP contribution in [0.1, 0.15) is 47.3 Å². The molecule has 12 heteroatoms. The minimum absolute atomic E-state index is 0.00177. The summed E-state index contributed by atoms with van der Waals surface area (Å²) >= 11 is 0. The molecule has 1 amide bonds. The van der Waals surface area contributed by atoms with Gasteiger partial charge in [-0.15, -0.1) is 0 Å². The number of nitrogens with two attached hydrogens (primary N) is 1. The van der Waals surface area contributed by atoms with Gasteiger partial charge in [0.2, 0.25) is 0 Å². The lowest BCUT2D eigenvalue weighted by atomic mass is 9.84. The van der Waals surface area contributed by atoms with Crippen molar-refractivity contribution in [1.29, 1.82) is 0 Å². The second kappa shape index (κ2) is 9.23. The van der Waals surface area contributed by atoms with Crippen LogP contribution < -0.4 is 11.1 Å². The van der Waals surface area contributed by atoms with Crippen molar-refractivity contribution in [3.05, 3.63) is 65.2 Å². The highest BCUT2D eigenvalue weighted by Gasteiger charge is 2.71. The molecule has 1 atom stereocenters. The molecule has 0 aliphatic heterocycles. The molecule has 188 valence electrons. The van der Waals surface area contributed by atoms with Gasteiger partial charge in [0.05, 0.1) is 11.4 Å². The molecule has 0 fully saturated rings. The average molecular weight is 499 g/mol. The molecular formula is C23H23F6N5O. The van der Waals surface area contributed by atoms with Gasteiger partial charge in [0, 0.05) is 23.2 Å². The fourth-order valence-corrected chi connectivity index (χ4v) is 3.77. The number of nitrogens with one attached hydrogen (secondary N) is 1. The van der Waals surface area contributed by atoms with E-state index < -0.39 is 35.7 Å². The van der Waals surface area contributed by atoms with E-state index in [1.54, 1.807) is 6.92 Å². The van der Waals surface area contributed by atoms with Gasteiger partial charge in [-0.05, 0) is 48.7 Å². The lowest BCUT2D eigenvalue weighted by molar-refractivity contribution is -0.310. The first kappa shape index (κ1) is 26.0. The number of aryl methyl sites for hydroxylation is 2. The van der Waals surface area contributed by atoms with E-state index in [1.165, 1.54) is 42.5 Å². The smallest absolute Gasteiger partial charge is 0.397 e. The Labute approximate surface area is 197 Å². The van der Waals surface area contributed by atoms with Gasteiger partial charge in [-0.2, -0.15) is 18.3 Å². The van der Waals surface area contributed by atoms with Crippen molar-refractivity contribution in [3.8, 4) is 5.69 Å². The van der Waals surface area contributed by atoms with Crippen LogP contribution in [0.5, 0.6) is 0 Å². The van der Waals surface area contributed by atoms with Crippen molar-refractivity contribution >= 4 is 17.3 Å². The zero-order valence-corrected chi connectivity index (χ0v) is 19.1. The lowest BCUT2D eigenvalue weighted by Crippen LogP contribution is -2.52. The molecule has 0 spiro atoms. The summed E-state index contributed by atoms with van der Waals surface area (Å²) in [6.45, 7) is 3.63. The summed E-state index contributed by atoms with van der Waals surface area (Å²) in [5, 5.41) is 6.53. The van der Waals surface area contributed by atoms with Gasteiger partial charge in [-0.1, -0.05) is 19.9 Å². The summed E-state index contributed by atoms with van der Waals surface area (Å²) < 4.78 is 85.9. The Balaban J connectivity index is 2.00. The van der Waals surface area contributed by atoms with E-state index in [4.69, 9.17) is 5.73 Å². The van der Waals surface area contributed by atoms with E-state index in [-0.39, 0.29) is 34.5 Å². The van der Waals surface area contributed by atoms with E-state index in [1.807, 2.05) is 0 Å². The van der Waals surface area contributed by atoms with Gasteiger partial charge in [0.15, 0.2) is 0 Å². The fourth-order valence-electron chi connectivity index (χ4n) is 3.77. The number of amides is 1. The van der Waals surface area contributed by atoms with Crippen LogP contribution in [0.3, 0.4) is 0 Å². The van der Waals surface area contributed by atoms with Crippen LogP contribution in [0.4, 0.5) is 37.7 Å². The number of anilines is 2. The number of nitrogens with zero attached hydrogens (tertiary/aromatic N) is 3. The Hall–Kier alpha value is -3.57. The Morgan fingerprint density at radius 3 is 2.29 bits per heavy atom. The third kappa shape index (κ3) is 4.56. The maximum Gasteiger partial charge on any atom is 0.432 e. The number of alkyl halides is 6. The molecule has 1 aromatic heterocycles. The molecular weight excluding hydrogens is 476 g/mol. The molecule has 0 radical (unpaired) electrons. The van der Waals surface area contributed by atoms with Gasteiger partial charge >= 0.3 is 6.18 Å². The fraction of sp³-hybridized carbons (Fsp3) is 0.348. The standard InChI is InChI=1S/C23H23F6N5O/c1-4-14-9-16(22(26,23(27,28)29)21(24,25)5-2)8-13(3)19(14)33-20(35)15-6-7-18(17(30)10-15)34-12-31-11-32-34/h6-12H,4-5,30H2,1-3H3,(H,33,35). The van der Waals surface area contributed by atoms with Gasteiger partial charge in [0.25, 0.3) is 17.5 Å². The maximum absolute atomic E-state index is 15.2. The third-order valence-electron chi connectivity index (χ3n) is 5.73. The molecule has 0 saturated carbocycles. The van der Waals surface area contributed by atoms with Crippen LogP contribution in [0, 0.1) is 6.92 Å². The van der Waals surface area contributed by atoms with Crippen LogP contribution in [0.25, 0.3) is 5.69 Å². The first-order valence-electron chi connectivity index (χ1n) is 10.6. The summed E-state index contributed by atoms with van der Waals surface area (Å²) in [5.74, 6) is -5.34. The van der Waals surface area contributed by atoms with Crippen LogP contribution in [-0.4, -0.2) is 32.8 Å². The minimum Gasteiger partial charge on any atom is -0.397 e. The molecule has 1 unspecified atom stereocenters. The number of carbonyl (C=O) groups is 1. The van der Waals surface area contributed by atoms with E-state index in [0.29, 0.717) is 11.8 Å². The molecule has 6 nitrogen and oxygen atoms in total. The van der Waals surface area contributed by atoms with Crippen molar-refractivity contribution in [2.24, 2.45) is 0 Å². The van der Waals surface area contributed by atoms with Crippen LogP contribution in [-0.2, 0) is 12.1 Å². The number of nitrogen functional groups attached to an aromatic ring is 1. The molecule has 3 aromatic rings. The second-order valence-electron chi connectivity index (χ2n) is 7.96. The Morgan fingerprint density at radius 2 is 1.77 bits per heavy atom. The topological polar surface area (TPSA) is 85.8 Å². The van der Waals surface area contributed by atoms with Gasteiger partial charge in [0.1, 0.15) is 12.7 Å². The molecule has 35 heavy (non-hydrogen) atoms. The highest BCUT2D eigenvalue weighted by molar-refractivity contribution is 6.06. The minimum atomic E-state index is -5.86. The molecule has 3 N–H and O–H groups in total. The van der Waals surface area contributed by atoms with Crippen LogP contribution in [0.15, 0.2) is 43.0 Å². The van der Waals surface area contributed by atoms with E-state index in [9.17, 15) is 26.7 Å². The molecule has 2 aromatic carbocycles. The van der Waals surface area contributed by atoms with Crippen molar-refractivity contribution in [2.75, 3.05) is 11.1 Å². The normalized spacial score (nSPS) is 14.0. The number of aromatic nitrogens is 3. The number of hydrogen-bond donors (Lipinski definition) is 2. The van der Waals surface area contributed by atoms with Gasteiger partial charge in [-0.25, -0.2) is 22.8 Å². The molecule has 0 saturated heterocycles. The SMILES string of the molecule is CCc1cc(C(F)(C(F)(F)F)C(F)(F)CC)cc(C)c1NC(=O)c1ccc(-n2cncn2)c(N)c1. The predicted molar refractivity (Wildman–Crippen MR) is 118 cm³/mol. The average Bonchev–Trinajstić information content (AvgIpc) is 3.33.